The Morgan fingerprint density at radius 3 is 1.46 bits per heavy atom. The molecule has 1 N–H and O–H groups in total. The zero-order valence-electron chi connectivity index (χ0n) is 15.6. The number of aliphatic hydroxyl groups is 1. The molecule has 3 fully saturated rings. The molecule has 0 aromatic rings. The van der Waals surface area contributed by atoms with Gasteiger partial charge in [-0.05, 0) is 0 Å². The molecule has 0 spiro atoms. The van der Waals surface area contributed by atoms with Crippen LogP contribution < -0.4 is 0 Å². The molecule has 0 bridgehead atoms. The molecule has 3 aliphatic heterocycles. The summed E-state index contributed by atoms with van der Waals surface area (Å²) in [4.78, 5) is 36.4. The van der Waals surface area contributed by atoms with Crippen molar-refractivity contribution in [2.45, 2.75) is 56.0 Å². The van der Waals surface area contributed by atoms with E-state index in [1.54, 1.807) is 0 Å². The predicted octanol–water partition coefficient (Wildman–Crippen LogP) is -0.506. The van der Waals surface area contributed by atoms with Crippen LogP contribution in [0.2, 0.25) is 0 Å². The Labute approximate surface area is 162 Å². The SMILES string of the molecule is O=C(CC(O)(CC(=O)OCCC1CO1)C(=O)OCCC1CO1)OCCC1CO1. The number of carbonyl (C=O) groups is 3. The fourth-order valence-electron chi connectivity index (χ4n) is 2.52. The van der Waals surface area contributed by atoms with E-state index in [1.807, 2.05) is 0 Å². The second kappa shape index (κ2) is 9.64. The molecule has 3 atom stereocenters. The monoisotopic (exact) mass is 402 g/mol. The highest BCUT2D eigenvalue weighted by Gasteiger charge is 2.43. The van der Waals surface area contributed by atoms with Crippen LogP contribution in [0.25, 0.3) is 0 Å². The standard InChI is InChI=1S/C18H26O10/c19-15(23-4-1-12-9-26-12)7-18(22,17(21)25-6-3-14-11-28-14)8-16(20)24-5-2-13-10-27-13/h12-14,22H,1-11H2. The Kier molecular flexibility index (Phi) is 7.22. The zero-order valence-corrected chi connectivity index (χ0v) is 15.6. The molecule has 3 unspecified atom stereocenters. The zero-order chi connectivity index (χ0) is 20.0. The van der Waals surface area contributed by atoms with Crippen molar-refractivity contribution < 1.29 is 47.9 Å². The molecule has 3 aliphatic rings. The topological polar surface area (TPSA) is 137 Å². The van der Waals surface area contributed by atoms with Crippen molar-refractivity contribution >= 4 is 17.9 Å². The van der Waals surface area contributed by atoms with Gasteiger partial charge in [-0.15, -0.1) is 0 Å². The highest BCUT2D eigenvalue weighted by molar-refractivity contribution is 5.90. The predicted molar refractivity (Wildman–Crippen MR) is 90.1 cm³/mol. The maximum atomic E-state index is 12.4. The van der Waals surface area contributed by atoms with Crippen LogP contribution in [0.3, 0.4) is 0 Å². The van der Waals surface area contributed by atoms with Gasteiger partial charge in [0.05, 0.1) is 70.8 Å². The summed E-state index contributed by atoms with van der Waals surface area (Å²) in [7, 11) is 0. The number of hydrogen-bond donors (Lipinski definition) is 1. The molecule has 0 aromatic heterocycles. The molecule has 0 amide bonds. The first kappa shape index (κ1) is 21.0. The minimum atomic E-state index is -2.34. The van der Waals surface area contributed by atoms with Crippen LogP contribution in [0, 0.1) is 0 Å². The molecule has 0 aliphatic carbocycles. The van der Waals surface area contributed by atoms with Crippen LogP contribution in [0.1, 0.15) is 32.1 Å². The molecule has 28 heavy (non-hydrogen) atoms. The van der Waals surface area contributed by atoms with Gasteiger partial charge in [0.25, 0.3) is 0 Å². The third-order valence-corrected chi connectivity index (χ3v) is 4.54. The third kappa shape index (κ3) is 7.70. The van der Waals surface area contributed by atoms with Crippen LogP contribution in [0.5, 0.6) is 0 Å². The Bertz CT molecular complexity index is 533. The van der Waals surface area contributed by atoms with Crippen LogP contribution in [0.4, 0.5) is 0 Å². The van der Waals surface area contributed by atoms with Gasteiger partial charge >= 0.3 is 17.9 Å². The summed E-state index contributed by atoms with van der Waals surface area (Å²) in [5.74, 6) is -2.66. The lowest BCUT2D eigenvalue weighted by atomic mass is 9.95. The second-order valence-electron chi connectivity index (χ2n) is 7.19. The van der Waals surface area contributed by atoms with E-state index < -0.39 is 36.4 Å². The quantitative estimate of drug-likeness (QED) is 0.230. The number of carbonyl (C=O) groups excluding carboxylic acids is 3. The van der Waals surface area contributed by atoms with Gasteiger partial charge in [0, 0.05) is 19.3 Å². The van der Waals surface area contributed by atoms with Crippen LogP contribution in [-0.2, 0) is 42.8 Å². The summed E-state index contributed by atoms with van der Waals surface area (Å²) in [6, 6.07) is 0. The Morgan fingerprint density at radius 2 is 1.11 bits per heavy atom. The average molecular weight is 402 g/mol. The van der Waals surface area contributed by atoms with Crippen molar-refractivity contribution in [1.29, 1.82) is 0 Å². The van der Waals surface area contributed by atoms with Crippen LogP contribution >= 0.6 is 0 Å². The van der Waals surface area contributed by atoms with Crippen molar-refractivity contribution in [3.63, 3.8) is 0 Å². The first-order chi connectivity index (χ1) is 13.4. The molecule has 3 rings (SSSR count). The molecule has 3 saturated heterocycles. The Morgan fingerprint density at radius 1 is 0.750 bits per heavy atom. The van der Waals surface area contributed by atoms with Gasteiger partial charge in [-0.2, -0.15) is 0 Å². The van der Waals surface area contributed by atoms with E-state index in [1.165, 1.54) is 0 Å². The maximum absolute atomic E-state index is 12.4. The van der Waals surface area contributed by atoms with Crippen molar-refractivity contribution in [3.05, 3.63) is 0 Å². The normalized spacial score (nSPS) is 26.7. The van der Waals surface area contributed by atoms with Crippen molar-refractivity contribution in [1.82, 2.24) is 0 Å². The molecule has 0 saturated carbocycles. The number of rotatable bonds is 14. The Hall–Kier alpha value is -1.75. The lowest BCUT2D eigenvalue weighted by Crippen LogP contribution is -2.45. The van der Waals surface area contributed by atoms with Crippen LogP contribution in [0.15, 0.2) is 0 Å². The Balaban J connectivity index is 1.46. The fourth-order valence-corrected chi connectivity index (χ4v) is 2.52. The third-order valence-electron chi connectivity index (χ3n) is 4.54. The van der Waals surface area contributed by atoms with E-state index in [0.29, 0.717) is 39.1 Å². The molecule has 10 nitrogen and oxygen atoms in total. The van der Waals surface area contributed by atoms with Gasteiger partial charge in [0.2, 0.25) is 0 Å². The molecular weight excluding hydrogens is 376 g/mol. The highest BCUT2D eigenvalue weighted by atomic mass is 16.6. The van der Waals surface area contributed by atoms with Crippen molar-refractivity contribution in [2.24, 2.45) is 0 Å². The fraction of sp³-hybridized carbons (Fsp3) is 0.833. The van der Waals surface area contributed by atoms with E-state index in [9.17, 15) is 19.5 Å². The average Bonchev–Trinajstić information content (AvgIpc) is 3.47. The van der Waals surface area contributed by atoms with Gasteiger partial charge in [-0.25, -0.2) is 4.79 Å². The summed E-state index contributed by atoms with van der Waals surface area (Å²) in [6.07, 6.45) is 0.404. The number of hydrogen-bond acceptors (Lipinski definition) is 10. The van der Waals surface area contributed by atoms with E-state index in [2.05, 4.69) is 0 Å². The van der Waals surface area contributed by atoms with Gasteiger partial charge in [0.1, 0.15) is 0 Å². The molecule has 0 aromatic carbocycles. The van der Waals surface area contributed by atoms with Gasteiger partial charge < -0.3 is 33.5 Å². The first-order valence-electron chi connectivity index (χ1n) is 9.50. The molecule has 158 valence electrons. The van der Waals surface area contributed by atoms with E-state index in [-0.39, 0.29) is 38.1 Å². The number of epoxide rings is 3. The molecule has 3 heterocycles. The molecule has 10 heteroatoms. The summed E-state index contributed by atoms with van der Waals surface area (Å²) >= 11 is 0. The first-order valence-corrected chi connectivity index (χ1v) is 9.50. The van der Waals surface area contributed by atoms with Crippen molar-refractivity contribution in [3.8, 4) is 0 Å². The minimum Gasteiger partial charge on any atom is -0.465 e. The summed E-state index contributed by atoms with van der Waals surface area (Å²) in [5, 5.41) is 10.7. The largest absolute Gasteiger partial charge is 0.465 e. The molecular formula is C18H26O10. The summed E-state index contributed by atoms with van der Waals surface area (Å²) in [5.41, 5.74) is -2.34. The van der Waals surface area contributed by atoms with E-state index >= 15 is 0 Å². The van der Waals surface area contributed by atoms with Gasteiger partial charge in [-0.3, -0.25) is 9.59 Å². The van der Waals surface area contributed by atoms with E-state index in [4.69, 9.17) is 28.4 Å². The lowest BCUT2D eigenvalue weighted by molar-refractivity contribution is -0.178. The summed E-state index contributed by atoms with van der Waals surface area (Å²) < 4.78 is 30.1. The van der Waals surface area contributed by atoms with Gasteiger partial charge in [-0.1, -0.05) is 0 Å². The lowest BCUT2D eigenvalue weighted by Gasteiger charge is -2.24. The minimum absolute atomic E-state index is 0.0218. The maximum Gasteiger partial charge on any atom is 0.339 e. The van der Waals surface area contributed by atoms with Crippen molar-refractivity contribution in [2.75, 3.05) is 39.6 Å². The number of ether oxygens (including phenoxy) is 6. The highest BCUT2D eigenvalue weighted by Crippen LogP contribution is 2.22. The number of esters is 3. The second-order valence-corrected chi connectivity index (χ2v) is 7.19. The van der Waals surface area contributed by atoms with Gasteiger partial charge in [0.15, 0.2) is 5.60 Å². The van der Waals surface area contributed by atoms with E-state index in [0.717, 1.165) is 0 Å². The smallest absolute Gasteiger partial charge is 0.339 e. The molecule has 0 radical (unpaired) electrons. The van der Waals surface area contributed by atoms with Crippen LogP contribution in [-0.4, -0.2) is 86.6 Å². The summed E-state index contributed by atoms with van der Waals surface area (Å²) in [6.45, 7) is 2.12.